The molecule has 0 unspecified atom stereocenters. The Labute approximate surface area is 130 Å². The fourth-order valence-electron chi connectivity index (χ4n) is 2.19. The second kappa shape index (κ2) is 6.10. The van der Waals surface area contributed by atoms with E-state index in [0.717, 1.165) is 16.7 Å². The van der Waals surface area contributed by atoms with Crippen LogP contribution in [0.5, 0.6) is 11.5 Å². The summed E-state index contributed by atoms with van der Waals surface area (Å²) in [5.41, 5.74) is 1.64. The molecule has 0 bridgehead atoms. The lowest BCUT2D eigenvalue weighted by atomic mass is 9.83. The Balaban J connectivity index is 2.52. The van der Waals surface area contributed by atoms with Gasteiger partial charge in [0.1, 0.15) is 11.5 Å². The molecule has 22 heavy (non-hydrogen) atoms. The summed E-state index contributed by atoms with van der Waals surface area (Å²) >= 11 is 0. The van der Waals surface area contributed by atoms with Crippen LogP contribution in [0.1, 0.15) is 19.4 Å². The molecule has 0 aromatic heterocycles. The third-order valence-electron chi connectivity index (χ3n) is 3.80. The van der Waals surface area contributed by atoms with Gasteiger partial charge in [-0.1, -0.05) is 24.3 Å². The lowest BCUT2D eigenvalue weighted by Crippen LogP contribution is -2.28. The standard InChI is InChI=1S/C18H20O4/c1-18(2,17(19)20)14-7-5-6-12(8-14)13-9-15(21-3)11-16(10-13)22-4/h5-11H,1-4H3,(H,19,20). The third kappa shape index (κ3) is 3.06. The molecular formula is C18H20O4. The number of methoxy groups -OCH3 is 2. The molecule has 0 spiro atoms. The van der Waals surface area contributed by atoms with Crippen LogP contribution in [0, 0.1) is 0 Å². The lowest BCUT2D eigenvalue weighted by molar-refractivity contribution is -0.142. The van der Waals surface area contributed by atoms with Gasteiger partial charge >= 0.3 is 5.97 Å². The van der Waals surface area contributed by atoms with Crippen LogP contribution in [0.4, 0.5) is 0 Å². The van der Waals surface area contributed by atoms with Gasteiger partial charge < -0.3 is 14.6 Å². The molecule has 2 rings (SSSR count). The van der Waals surface area contributed by atoms with Crippen LogP contribution in [0.25, 0.3) is 11.1 Å². The molecule has 0 saturated heterocycles. The number of carboxylic acids is 1. The normalized spacial score (nSPS) is 11.1. The number of benzene rings is 2. The molecule has 0 atom stereocenters. The molecule has 0 radical (unpaired) electrons. The number of rotatable bonds is 5. The van der Waals surface area contributed by atoms with Crippen LogP contribution < -0.4 is 9.47 Å². The molecule has 0 aliphatic heterocycles. The summed E-state index contributed by atoms with van der Waals surface area (Å²) < 4.78 is 10.6. The highest BCUT2D eigenvalue weighted by Crippen LogP contribution is 2.32. The van der Waals surface area contributed by atoms with Gasteiger partial charge in [0.2, 0.25) is 0 Å². The molecule has 116 valence electrons. The number of aliphatic carboxylic acids is 1. The predicted molar refractivity (Wildman–Crippen MR) is 85.6 cm³/mol. The molecule has 0 aliphatic rings. The van der Waals surface area contributed by atoms with E-state index in [0.29, 0.717) is 11.5 Å². The van der Waals surface area contributed by atoms with Crippen LogP contribution in [-0.4, -0.2) is 25.3 Å². The highest BCUT2D eigenvalue weighted by atomic mass is 16.5. The summed E-state index contributed by atoms with van der Waals surface area (Å²) in [7, 11) is 3.20. The van der Waals surface area contributed by atoms with Crippen molar-refractivity contribution < 1.29 is 19.4 Å². The molecule has 0 aliphatic carbocycles. The summed E-state index contributed by atoms with van der Waals surface area (Å²) in [5, 5.41) is 9.38. The maximum Gasteiger partial charge on any atom is 0.313 e. The summed E-state index contributed by atoms with van der Waals surface area (Å²) in [5.74, 6) is 0.530. The topological polar surface area (TPSA) is 55.8 Å². The first-order valence-electron chi connectivity index (χ1n) is 6.96. The zero-order valence-corrected chi connectivity index (χ0v) is 13.2. The SMILES string of the molecule is COc1cc(OC)cc(-c2cccc(C(C)(C)C(=O)O)c2)c1. The Morgan fingerprint density at radius 3 is 2.05 bits per heavy atom. The number of ether oxygens (including phenoxy) is 2. The van der Waals surface area contributed by atoms with Crippen LogP contribution in [0.15, 0.2) is 42.5 Å². The first-order valence-corrected chi connectivity index (χ1v) is 6.96. The average Bonchev–Trinajstić information content (AvgIpc) is 2.54. The van der Waals surface area contributed by atoms with Crippen molar-refractivity contribution in [2.75, 3.05) is 14.2 Å². The second-order valence-electron chi connectivity index (χ2n) is 5.61. The minimum atomic E-state index is -0.945. The number of hydrogen-bond acceptors (Lipinski definition) is 3. The van der Waals surface area contributed by atoms with Crippen molar-refractivity contribution in [1.82, 2.24) is 0 Å². The fourth-order valence-corrected chi connectivity index (χ4v) is 2.19. The van der Waals surface area contributed by atoms with Crippen molar-refractivity contribution in [3.63, 3.8) is 0 Å². The molecule has 2 aromatic carbocycles. The summed E-state index contributed by atoms with van der Waals surface area (Å²) in [6.07, 6.45) is 0. The maximum atomic E-state index is 11.4. The first-order chi connectivity index (χ1) is 10.4. The smallest absolute Gasteiger partial charge is 0.313 e. The van der Waals surface area contributed by atoms with Crippen LogP contribution in [0.2, 0.25) is 0 Å². The van der Waals surface area contributed by atoms with Gasteiger partial charge in [0.25, 0.3) is 0 Å². The molecule has 0 amide bonds. The number of hydrogen-bond donors (Lipinski definition) is 1. The Morgan fingerprint density at radius 1 is 0.955 bits per heavy atom. The van der Waals surface area contributed by atoms with E-state index >= 15 is 0 Å². The van der Waals surface area contributed by atoms with E-state index in [9.17, 15) is 9.90 Å². The van der Waals surface area contributed by atoms with Crippen molar-refractivity contribution in [2.24, 2.45) is 0 Å². The minimum Gasteiger partial charge on any atom is -0.497 e. The highest BCUT2D eigenvalue weighted by molar-refractivity contribution is 5.81. The van der Waals surface area contributed by atoms with Crippen molar-refractivity contribution in [1.29, 1.82) is 0 Å². The Kier molecular flexibility index (Phi) is 4.40. The monoisotopic (exact) mass is 300 g/mol. The molecular weight excluding hydrogens is 280 g/mol. The van der Waals surface area contributed by atoms with Gasteiger partial charge in [-0.3, -0.25) is 4.79 Å². The first kappa shape index (κ1) is 15.9. The Morgan fingerprint density at radius 2 is 1.55 bits per heavy atom. The van der Waals surface area contributed by atoms with Gasteiger partial charge in [-0.25, -0.2) is 0 Å². The van der Waals surface area contributed by atoms with Gasteiger partial charge in [-0.2, -0.15) is 0 Å². The van der Waals surface area contributed by atoms with Crippen LogP contribution in [-0.2, 0) is 10.2 Å². The van der Waals surface area contributed by atoms with Crippen LogP contribution >= 0.6 is 0 Å². The van der Waals surface area contributed by atoms with Gasteiger partial charge in [0.15, 0.2) is 0 Å². The molecule has 0 fully saturated rings. The molecule has 0 heterocycles. The Bertz CT molecular complexity index is 667. The van der Waals surface area contributed by atoms with E-state index < -0.39 is 11.4 Å². The van der Waals surface area contributed by atoms with Crippen molar-refractivity contribution >= 4 is 5.97 Å². The third-order valence-corrected chi connectivity index (χ3v) is 3.80. The van der Waals surface area contributed by atoms with Crippen molar-refractivity contribution in [3.05, 3.63) is 48.0 Å². The van der Waals surface area contributed by atoms with E-state index in [1.54, 1.807) is 34.1 Å². The quantitative estimate of drug-likeness (QED) is 0.914. The average molecular weight is 300 g/mol. The van der Waals surface area contributed by atoms with E-state index in [1.807, 2.05) is 36.4 Å². The Hall–Kier alpha value is -2.49. The van der Waals surface area contributed by atoms with Crippen molar-refractivity contribution in [2.45, 2.75) is 19.3 Å². The van der Waals surface area contributed by atoms with E-state index in [2.05, 4.69) is 0 Å². The van der Waals surface area contributed by atoms with Crippen LogP contribution in [0.3, 0.4) is 0 Å². The maximum absolute atomic E-state index is 11.4. The predicted octanol–water partition coefficient (Wildman–Crippen LogP) is 3.73. The van der Waals surface area contributed by atoms with Gasteiger partial charge in [-0.05, 0) is 42.7 Å². The molecule has 4 heteroatoms. The lowest BCUT2D eigenvalue weighted by Gasteiger charge is -2.20. The molecule has 1 N–H and O–H groups in total. The number of carbonyl (C=O) groups is 1. The second-order valence-corrected chi connectivity index (χ2v) is 5.61. The van der Waals surface area contributed by atoms with E-state index in [4.69, 9.17) is 9.47 Å². The van der Waals surface area contributed by atoms with E-state index in [1.165, 1.54) is 0 Å². The number of carboxylic acid groups (broad SMARTS) is 1. The summed E-state index contributed by atoms with van der Waals surface area (Å²) in [6.45, 7) is 3.39. The van der Waals surface area contributed by atoms with Gasteiger partial charge in [0.05, 0.1) is 19.6 Å². The largest absolute Gasteiger partial charge is 0.497 e. The minimum absolute atomic E-state index is 0.692. The molecule has 0 saturated carbocycles. The van der Waals surface area contributed by atoms with E-state index in [-0.39, 0.29) is 0 Å². The summed E-state index contributed by atoms with van der Waals surface area (Å²) in [6, 6.07) is 13.1. The van der Waals surface area contributed by atoms with Crippen molar-refractivity contribution in [3.8, 4) is 22.6 Å². The summed E-state index contributed by atoms with van der Waals surface area (Å²) in [4.78, 5) is 11.4. The molecule has 4 nitrogen and oxygen atoms in total. The van der Waals surface area contributed by atoms with Gasteiger partial charge in [0, 0.05) is 6.07 Å². The zero-order valence-electron chi connectivity index (χ0n) is 13.2. The van der Waals surface area contributed by atoms with Gasteiger partial charge in [-0.15, -0.1) is 0 Å². The fraction of sp³-hybridized carbons (Fsp3) is 0.278. The zero-order chi connectivity index (χ0) is 16.3. The molecule has 2 aromatic rings. The highest BCUT2D eigenvalue weighted by Gasteiger charge is 2.29.